The summed E-state index contributed by atoms with van der Waals surface area (Å²) >= 11 is 0. The summed E-state index contributed by atoms with van der Waals surface area (Å²) < 4.78 is 5.02. The monoisotopic (exact) mass is 409 g/mol. The van der Waals surface area contributed by atoms with E-state index in [2.05, 4.69) is 25.8 Å². The highest BCUT2D eigenvalue weighted by atomic mass is 16.5. The van der Waals surface area contributed by atoms with Gasteiger partial charge in [-0.15, -0.1) is 5.10 Å². The minimum Gasteiger partial charge on any atom is -0.504 e. The molecule has 30 heavy (non-hydrogen) atoms. The number of methoxy groups -OCH3 is 1. The normalized spacial score (nSPS) is 11.5. The van der Waals surface area contributed by atoms with Crippen molar-refractivity contribution in [2.75, 3.05) is 25.6 Å². The first-order valence-electron chi connectivity index (χ1n) is 9.35. The highest BCUT2D eigenvalue weighted by Gasteiger charge is 2.13. The average Bonchev–Trinajstić information content (AvgIpc) is 2.77. The van der Waals surface area contributed by atoms with Gasteiger partial charge in [-0.25, -0.2) is 9.78 Å². The van der Waals surface area contributed by atoms with E-state index in [1.54, 1.807) is 18.2 Å². The van der Waals surface area contributed by atoms with Gasteiger partial charge in [0.1, 0.15) is 0 Å². The molecule has 9 nitrogen and oxygen atoms in total. The van der Waals surface area contributed by atoms with Crippen molar-refractivity contribution >= 4 is 12.0 Å². The van der Waals surface area contributed by atoms with E-state index in [9.17, 15) is 15.0 Å². The van der Waals surface area contributed by atoms with Crippen molar-refractivity contribution < 1.29 is 19.7 Å². The van der Waals surface area contributed by atoms with Crippen LogP contribution in [0, 0.1) is 5.92 Å². The fourth-order valence-corrected chi connectivity index (χ4v) is 2.88. The molecule has 1 heterocycles. The molecule has 0 aliphatic carbocycles. The van der Waals surface area contributed by atoms with Gasteiger partial charge in [-0.3, -0.25) is 5.32 Å². The summed E-state index contributed by atoms with van der Waals surface area (Å²) in [5, 5.41) is 32.4. The van der Waals surface area contributed by atoms with Crippen LogP contribution in [-0.2, 0) is 6.42 Å². The van der Waals surface area contributed by atoms with E-state index in [0.717, 1.165) is 11.1 Å². The third-order valence-electron chi connectivity index (χ3n) is 4.43. The lowest BCUT2D eigenvalue weighted by Gasteiger charge is -2.16. The number of benzene rings is 2. The van der Waals surface area contributed by atoms with Gasteiger partial charge >= 0.3 is 6.03 Å². The Kier molecular flexibility index (Phi) is 7.12. The number of nitrogens with one attached hydrogen (secondary N) is 2. The Morgan fingerprint density at radius 2 is 2.00 bits per heavy atom. The molecular weight excluding hydrogens is 386 g/mol. The summed E-state index contributed by atoms with van der Waals surface area (Å²) in [5.41, 5.74) is 2.27. The van der Waals surface area contributed by atoms with Gasteiger partial charge in [0.15, 0.2) is 11.5 Å². The minimum absolute atomic E-state index is 0.0281. The number of hydrogen-bond acceptors (Lipinski definition) is 7. The lowest BCUT2D eigenvalue weighted by atomic mass is 9.99. The largest absolute Gasteiger partial charge is 0.504 e. The molecular formula is C21H23N5O4. The van der Waals surface area contributed by atoms with Crippen molar-refractivity contribution in [3.05, 3.63) is 60.3 Å². The molecule has 0 saturated carbocycles. The molecule has 0 fully saturated rings. The second-order valence-electron chi connectivity index (χ2n) is 6.63. The molecule has 1 atom stereocenters. The van der Waals surface area contributed by atoms with Gasteiger partial charge in [-0.05, 0) is 24.1 Å². The number of carbonyl (C=O) groups excluding carboxylic acids is 1. The molecule has 0 unspecified atom stereocenters. The number of phenols is 1. The van der Waals surface area contributed by atoms with Gasteiger partial charge in [0.2, 0.25) is 0 Å². The number of anilines is 1. The fraction of sp³-hybridized carbons (Fsp3) is 0.238. The van der Waals surface area contributed by atoms with Crippen LogP contribution in [0.3, 0.4) is 0 Å². The molecule has 0 aliphatic heterocycles. The zero-order chi connectivity index (χ0) is 21.3. The first kappa shape index (κ1) is 21.0. The maximum absolute atomic E-state index is 12.2. The number of aromatic hydroxyl groups is 1. The molecule has 0 bridgehead atoms. The standard InChI is InChI=1S/C21H23N5O4/c1-30-19-8-7-14(10-18(19)28)9-15(13-27)11-22-21(29)25-20-24-17(12-23-26-20)16-5-3-2-4-6-16/h2-8,10,12,15,27-28H,9,11,13H2,1H3,(H2,22,24,25,26,29)/t15-/m0/s1. The SMILES string of the molecule is COc1ccc(C[C@H](CO)CNC(=O)Nc2nncc(-c3ccccc3)n2)cc1O. The van der Waals surface area contributed by atoms with Crippen molar-refractivity contribution in [2.45, 2.75) is 6.42 Å². The summed E-state index contributed by atoms with van der Waals surface area (Å²) in [5.74, 6) is 0.246. The van der Waals surface area contributed by atoms with Crippen LogP contribution in [0.15, 0.2) is 54.7 Å². The first-order chi connectivity index (χ1) is 14.6. The number of ether oxygens (including phenoxy) is 1. The number of aliphatic hydroxyl groups excluding tert-OH is 1. The van der Waals surface area contributed by atoms with Crippen molar-refractivity contribution in [3.8, 4) is 22.8 Å². The molecule has 0 spiro atoms. The Hall–Kier alpha value is -3.72. The number of aliphatic hydroxyl groups is 1. The van der Waals surface area contributed by atoms with E-state index < -0.39 is 6.03 Å². The van der Waals surface area contributed by atoms with Crippen LogP contribution in [0.5, 0.6) is 11.5 Å². The van der Waals surface area contributed by atoms with Crippen LogP contribution in [0.25, 0.3) is 11.3 Å². The number of hydrogen-bond donors (Lipinski definition) is 4. The summed E-state index contributed by atoms with van der Waals surface area (Å²) in [7, 11) is 1.47. The number of urea groups is 1. The fourth-order valence-electron chi connectivity index (χ4n) is 2.88. The summed E-state index contributed by atoms with van der Waals surface area (Å²) in [4.78, 5) is 16.5. The predicted molar refractivity (Wildman–Crippen MR) is 111 cm³/mol. The highest BCUT2D eigenvalue weighted by Crippen LogP contribution is 2.27. The molecule has 3 rings (SSSR count). The number of amides is 2. The lowest BCUT2D eigenvalue weighted by molar-refractivity contribution is 0.218. The molecule has 0 saturated heterocycles. The van der Waals surface area contributed by atoms with Gasteiger partial charge in [-0.2, -0.15) is 5.10 Å². The molecule has 0 aliphatic rings. The zero-order valence-electron chi connectivity index (χ0n) is 16.4. The molecule has 4 N–H and O–H groups in total. The van der Waals surface area contributed by atoms with E-state index in [4.69, 9.17) is 4.74 Å². The van der Waals surface area contributed by atoms with Crippen LogP contribution >= 0.6 is 0 Å². The molecule has 2 aromatic carbocycles. The van der Waals surface area contributed by atoms with Gasteiger partial charge in [0.05, 0.1) is 19.0 Å². The van der Waals surface area contributed by atoms with E-state index in [1.807, 2.05) is 30.3 Å². The Morgan fingerprint density at radius 3 is 2.70 bits per heavy atom. The second kappa shape index (κ2) is 10.2. The third kappa shape index (κ3) is 5.65. The Balaban J connectivity index is 1.55. The summed E-state index contributed by atoms with van der Waals surface area (Å²) in [6, 6.07) is 14.0. The van der Waals surface area contributed by atoms with E-state index in [1.165, 1.54) is 13.3 Å². The maximum atomic E-state index is 12.2. The molecule has 9 heteroatoms. The quantitative estimate of drug-likeness (QED) is 0.449. The van der Waals surface area contributed by atoms with Crippen LogP contribution in [0.2, 0.25) is 0 Å². The van der Waals surface area contributed by atoms with Gasteiger partial charge in [-0.1, -0.05) is 36.4 Å². The van der Waals surface area contributed by atoms with Crippen molar-refractivity contribution in [1.82, 2.24) is 20.5 Å². The number of carbonyl (C=O) groups is 1. The van der Waals surface area contributed by atoms with Crippen LogP contribution in [0.4, 0.5) is 10.7 Å². The summed E-state index contributed by atoms with van der Waals surface area (Å²) in [6.45, 7) is 0.0928. The molecule has 1 aromatic heterocycles. The van der Waals surface area contributed by atoms with Gasteiger partial charge < -0.3 is 20.3 Å². The number of nitrogens with zero attached hydrogens (tertiary/aromatic N) is 3. The minimum atomic E-state index is -0.502. The number of rotatable bonds is 8. The Bertz CT molecular complexity index is 984. The first-order valence-corrected chi connectivity index (χ1v) is 9.35. The van der Waals surface area contributed by atoms with Crippen molar-refractivity contribution in [3.63, 3.8) is 0 Å². The Labute approximate surface area is 173 Å². The van der Waals surface area contributed by atoms with Crippen LogP contribution < -0.4 is 15.4 Å². The molecule has 156 valence electrons. The van der Waals surface area contributed by atoms with E-state index in [0.29, 0.717) is 17.9 Å². The topological polar surface area (TPSA) is 129 Å². The molecule has 0 radical (unpaired) electrons. The molecule has 3 aromatic rings. The molecule has 2 amide bonds. The summed E-state index contributed by atoms with van der Waals surface area (Å²) in [6.07, 6.45) is 1.99. The highest BCUT2D eigenvalue weighted by molar-refractivity contribution is 5.87. The Morgan fingerprint density at radius 1 is 1.20 bits per heavy atom. The lowest BCUT2D eigenvalue weighted by Crippen LogP contribution is -2.35. The number of aromatic nitrogens is 3. The second-order valence-corrected chi connectivity index (χ2v) is 6.63. The maximum Gasteiger partial charge on any atom is 0.321 e. The zero-order valence-corrected chi connectivity index (χ0v) is 16.4. The van der Waals surface area contributed by atoms with E-state index >= 15 is 0 Å². The van der Waals surface area contributed by atoms with Gasteiger partial charge in [0.25, 0.3) is 5.95 Å². The van der Waals surface area contributed by atoms with Crippen LogP contribution in [-0.4, -0.2) is 51.7 Å². The smallest absolute Gasteiger partial charge is 0.321 e. The predicted octanol–water partition coefficient (Wildman–Crippen LogP) is 2.23. The van der Waals surface area contributed by atoms with Crippen molar-refractivity contribution in [2.24, 2.45) is 5.92 Å². The number of phenolic OH excluding ortho intramolecular Hbond substituents is 1. The van der Waals surface area contributed by atoms with Gasteiger partial charge in [0, 0.05) is 24.6 Å². The van der Waals surface area contributed by atoms with Crippen molar-refractivity contribution in [1.29, 1.82) is 0 Å². The average molecular weight is 409 g/mol. The van der Waals surface area contributed by atoms with E-state index in [-0.39, 0.29) is 30.8 Å². The third-order valence-corrected chi connectivity index (χ3v) is 4.43. The van der Waals surface area contributed by atoms with Crippen LogP contribution in [0.1, 0.15) is 5.56 Å².